The highest BCUT2D eigenvalue weighted by atomic mass is 79.9. The maximum atomic E-state index is 12.7. The molecule has 0 spiro atoms. The first-order valence-electron chi connectivity index (χ1n) is 6.75. The number of halogens is 4. The Morgan fingerprint density at radius 1 is 0.957 bits per heavy atom. The minimum Gasteiger partial charge on any atom is -0.239 e. The predicted octanol–water partition coefficient (Wildman–Crippen LogP) is 4.77. The first-order chi connectivity index (χ1) is 10.9. The number of nitrogens with zero attached hydrogens (tertiary/aromatic N) is 3. The Balaban J connectivity index is 1.95. The number of alkyl halides is 3. The summed E-state index contributed by atoms with van der Waals surface area (Å²) in [4.78, 5) is 0. The molecule has 1 heterocycles. The van der Waals surface area contributed by atoms with Crippen molar-refractivity contribution in [2.75, 3.05) is 0 Å². The highest BCUT2D eigenvalue weighted by molar-refractivity contribution is 9.10. The fraction of sp³-hybridized carbons (Fsp3) is 0.125. The molecule has 0 N–H and O–H groups in total. The van der Waals surface area contributed by atoms with Gasteiger partial charge in [-0.25, -0.2) is 4.68 Å². The molecular weight excluding hydrogens is 371 g/mol. The Morgan fingerprint density at radius 2 is 1.61 bits per heavy atom. The normalized spacial score (nSPS) is 11.7. The Morgan fingerprint density at radius 3 is 2.22 bits per heavy atom. The summed E-state index contributed by atoms with van der Waals surface area (Å²) in [5.41, 5.74) is 1.60. The van der Waals surface area contributed by atoms with E-state index in [2.05, 4.69) is 26.2 Å². The molecule has 2 aromatic carbocycles. The van der Waals surface area contributed by atoms with E-state index in [1.807, 2.05) is 30.3 Å². The Bertz CT molecular complexity index is 796. The quantitative estimate of drug-likeness (QED) is 0.653. The fourth-order valence-electron chi connectivity index (χ4n) is 2.24. The maximum absolute atomic E-state index is 12.7. The van der Waals surface area contributed by atoms with Crippen LogP contribution in [0.3, 0.4) is 0 Å². The standard InChI is InChI=1S/C16H11BrF3N3/c17-15-14(12-6-8-13(9-7-12)16(18,19)20)23(22-21-15)10-11-4-2-1-3-5-11/h1-9H,10H2. The zero-order valence-corrected chi connectivity index (χ0v) is 13.3. The van der Waals surface area contributed by atoms with Crippen molar-refractivity contribution in [2.24, 2.45) is 0 Å². The molecule has 23 heavy (non-hydrogen) atoms. The average molecular weight is 382 g/mol. The van der Waals surface area contributed by atoms with Crippen molar-refractivity contribution in [3.05, 3.63) is 70.3 Å². The van der Waals surface area contributed by atoms with Crippen LogP contribution in [0.4, 0.5) is 13.2 Å². The van der Waals surface area contributed by atoms with Gasteiger partial charge in [-0.1, -0.05) is 47.7 Å². The van der Waals surface area contributed by atoms with Crippen LogP contribution < -0.4 is 0 Å². The van der Waals surface area contributed by atoms with Gasteiger partial charge in [-0.2, -0.15) is 13.2 Å². The summed E-state index contributed by atoms with van der Waals surface area (Å²) in [6.07, 6.45) is -4.35. The lowest BCUT2D eigenvalue weighted by Gasteiger charge is -2.09. The molecule has 3 rings (SSSR count). The molecule has 0 atom stereocenters. The smallest absolute Gasteiger partial charge is 0.239 e. The van der Waals surface area contributed by atoms with E-state index in [1.54, 1.807) is 4.68 Å². The third-order valence-electron chi connectivity index (χ3n) is 3.35. The minimum atomic E-state index is -4.35. The van der Waals surface area contributed by atoms with E-state index in [4.69, 9.17) is 0 Å². The molecule has 0 unspecified atom stereocenters. The molecule has 0 aliphatic heterocycles. The molecule has 0 aliphatic rings. The lowest BCUT2D eigenvalue weighted by Crippen LogP contribution is -2.06. The van der Waals surface area contributed by atoms with E-state index in [-0.39, 0.29) is 0 Å². The van der Waals surface area contributed by atoms with Crippen LogP contribution in [-0.2, 0) is 12.7 Å². The number of aromatic nitrogens is 3. The van der Waals surface area contributed by atoms with E-state index in [9.17, 15) is 13.2 Å². The Kier molecular flexibility index (Phi) is 4.21. The van der Waals surface area contributed by atoms with Gasteiger partial charge in [0.05, 0.1) is 12.1 Å². The van der Waals surface area contributed by atoms with E-state index in [1.165, 1.54) is 12.1 Å². The molecule has 3 nitrogen and oxygen atoms in total. The summed E-state index contributed by atoms with van der Waals surface area (Å²) < 4.78 is 40.2. The lowest BCUT2D eigenvalue weighted by molar-refractivity contribution is -0.137. The van der Waals surface area contributed by atoms with Gasteiger partial charge in [-0.3, -0.25) is 0 Å². The lowest BCUT2D eigenvalue weighted by atomic mass is 10.1. The molecular formula is C16H11BrF3N3. The zero-order valence-electron chi connectivity index (χ0n) is 11.8. The van der Waals surface area contributed by atoms with Crippen LogP contribution in [0.5, 0.6) is 0 Å². The van der Waals surface area contributed by atoms with Crippen LogP contribution in [0.15, 0.2) is 59.2 Å². The van der Waals surface area contributed by atoms with Gasteiger partial charge in [-0.05, 0) is 33.6 Å². The molecule has 0 bridgehead atoms. The number of benzene rings is 2. The summed E-state index contributed by atoms with van der Waals surface area (Å²) >= 11 is 3.31. The van der Waals surface area contributed by atoms with Gasteiger partial charge in [0.2, 0.25) is 0 Å². The second-order valence-corrected chi connectivity index (χ2v) is 5.70. The number of hydrogen-bond donors (Lipinski definition) is 0. The van der Waals surface area contributed by atoms with Gasteiger partial charge < -0.3 is 0 Å². The fourth-order valence-corrected chi connectivity index (χ4v) is 2.75. The van der Waals surface area contributed by atoms with Crippen LogP contribution in [0.2, 0.25) is 0 Å². The van der Waals surface area contributed by atoms with Crippen molar-refractivity contribution >= 4 is 15.9 Å². The zero-order chi connectivity index (χ0) is 16.4. The van der Waals surface area contributed by atoms with Crippen molar-refractivity contribution in [3.63, 3.8) is 0 Å². The van der Waals surface area contributed by atoms with Gasteiger partial charge in [-0.15, -0.1) is 5.10 Å². The summed E-state index contributed by atoms with van der Waals surface area (Å²) in [6, 6.07) is 14.6. The van der Waals surface area contributed by atoms with Crippen molar-refractivity contribution < 1.29 is 13.2 Å². The van der Waals surface area contributed by atoms with E-state index in [0.717, 1.165) is 17.7 Å². The molecule has 1 aromatic heterocycles. The summed E-state index contributed by atoms with van der Waals surface area (Å²) in [7, 11) is 0. The molecule has 0 radical (unpaired) electrons. The van der Waals surface area contributed by atoms with E-state index >= 15 is 0 Å². The van der Waals surface area contributed by atoms with E-state index in [0.29, 0.717) is 22.4 Å². The molecule has 0 saturated carbocycles. The summed E-state index contributed by atoms with van der Waals surface area (Å²) in [5, 5.41) is 8.02. The second kappa shape index (κ2) is 6.16. The van der Waals surface area contributed by atoms with Crippen LogP contribution >= 0.6 is 15.9 Å². The monoisotopic (exact) mass is 381 g/mol. The third kappa shape index (κ3) is 3.44. The van der Waals surface area contributed by atoms with Gasteiger partial charge in [0.25, 0.3) is 0 Å². The minimum absolute atomic E-state index is 0.482. The molecule has 118 valence electrons. The van der Waals surface area contributed by atoms with Crippen molar-refractivity contribution in [2.45, 2.75) is 12.7 Å². The first-order valence-corrected chi connectivity index (χ1v) is 7.55. The molecule has 0 fully saturated rings. The molecule has 0 amide bonds. The third-order valence-corrected chi connectivity index (χ3v) is 3.89. The average Bonchev–Trinajstić information content (AvgIpc) is 2.88. The predicted molar refractivity (Wildman–Crippen MR) is 83.7 cm³/mol. The Hall–Kier alpha value is -2.15. The highest BCUT2D eigenvalue weighted by Gasteiger charge is 2.30. The van der Waals surface area contributed by atoms with Gasteiger partial charge in [0.15, 0.2) is 4.60 Å². The summed E-state index contributed by atoms with van der Waals surface area (Å²) in [6.45, 7) is 0.482. The molecule has 0 saturated heterocycles. The maximum Gasteiger partial charge on any atom is 0.416 e. The van der Waals surface area contributed by atoms with Crippen LogP contribution in [0, 0.1) is 0 Å². The summed E-state index contributed by atoms with van der Waals surface area (Å²) in [5.74, 6) is 0. The Labute approximate surface area is 138 Å². The van der Waals surface area contributed by atoms with Crippen molar-refractivity contribution in [1.29, 1.82) is 0 Å². The van der Waals surface area contributed by atoms with E-state index < -0.39 is 11.7 Å². The molecule has 0 aliphatic carbocycles. The van der Waals surface area contributed by atoms with Crippen LogP contribution in [0.25, 0.3) is 11.3 Å². The SMILES string of the molecule is FC(F)(F)c1ccc(-c2c(Br)nnn2Cc2ccccc2)cc1. The van der Waals surface area contributed by atoms with Gasteiger partial charge in [0, 0.05) is 5.56 Å². The first kappa shape index (κ1) is 15.7. The van der Waals surface area contributed by atoms with Crippen molar-refractivity contribution in [1.82, 2.24) is 15.0 Å². The number of hydrogen-bond acceptors (Lipinski definition) is 2. The largest absolute Gasteiger partial charge is 0.416 e. The van der Waals surface area contributed by atoms with Gasteiger partial charge in [0.1, 0.15) is 5.69 Å². The van der Waals surface area contributed by atoms with Crippen LogP contribution in [-0.4, -0.2) is 15.0 Å². The van der Waals surface area contributed by atoms with Crippen molar-refractivity contribution in [3.8, 4) is 11.3 Å². The van der Waals surface area contributed by atoms with Crippen LogP contribution in [0.1, 0.15) is 11.1 Å². The van der Waals surface area contributed by atoms with Gasteiger partial charge >= 0.3 is 6.18 Å². The highest BCUT2D eigenvalue weighted by Crippen LogP contribution is 2.32. The molecule has 7 heteroatoms. The number of rotatable bonds is 3. The second-order valence-electron chi connectivity index (χ2n) is 4.95. The molecule has 3 aromatic rings. The topological polar surface area (TPSA) is 30.7 Å².